The molecular weight excluding hydrogens is 350 g/mol. The molecule has 0 radical (unpaired) electrons. The van der Waals surface area contributed by atoms with Gasteiger partial charge in [-0.05, 0) is 17.2 Å². The normalized spacial score (nSPS) is 18.7. The van der Waals surface area contributed by atoms with Crippen molar-refractivity contribution in [3.05, 3.63) is 72.4 Å². The summed E-state index contributed by atoms with van der Waals surface area (Å²) in [6.45, 7) is 4.37. The molecule has 6 heteroatoms. The second-order valence-electron chi connectivity index (χ2n) is 7.51. The summed E-state index contributed by atoms with van der Waals surface area (Å²) in [5.74, 6) is 0.216. The Morgan fingerprint density at radius 2 is 1.82 bits per heavy atom. The number of amides is 1. The molecular formula is C22H23N5O. The zero-order chi connectivity index (χ0) is 18.9. The maximum Gasteiger partial charge on any atom is 0.225 e. The average Bonchev–Trinajstić information content (AvgIpc) is 3.32. The molecule has 142 valence electrons. The van der Waals surface area contributed by atoms with E-state index < -0.39 is 0 Å². The summed E-state index contributed by atoms with van der Waals surface area (Å²) >= 11 is 0. The van der Waals surface area contributed by atoms with Gasteiger partial charge in [0.05, 0.1) is 30.7 Å². The highest BCUT2D eigenvalue weighted by atomic mass is 16.2. The topological polar surface area (TPSA) is 54.3 Å². The lowest BCUT2D eigenvalue weighted by molar-refractivity contribution is -0.133. The number of hydrogen-bond donors (Lipinski definition) is 0. The van der Waals surface area contributed by atoms with Gasteiger partial charge in [0.25, 0.3) is 0 Å². The summed E-state index contributed by atoms with van der Waals surface area (Å²) < 4.78 is 2.11. The Morgan fingerprint density at radius 3 is 2.64 bits per heavy atom. The molecule has 1 fully saturated rings. The summed E-state index contributed by atoms with van der Waals surface area (Å²) in [7, 11) is 0. The third-order valence-corrected chi connectivity index (χ3v) is 5.83. The minimum Gasteiger partial charge on any atom is -0.340 e. The van der Waals surface area contributed by atoms with Crippen LogP contribution in [0.4, 0.5) is 0 Å². The molecule has 6 nitrogen and oxygen atoms in total. The van der Waals surface area contributed by atoms with Gasteiger partial charge < -0.3 is 9.47 Å². The van der Waals surface area contributed by atoms with Gasteiger partial charge in [-0.15, -0.1) is 0 Å². The van der Waals surface area contributed by atoms with Crippen LogP contribution >= 0.6 is 0 Å². The predicted octanol–water partition coefficient (Wildman–Crippen LogP) is 2.58. The highest BCUT2D eigenvalue weighted by Gasteiger charge is 2.32. The smallest absolute Gasteiger partial charge is 0.225 e. The summed E-state index contributed by atoms with van der Waals surface area (Å²) in [4.78, 5) is 26.0. The lowest BCUT2D eigenvalue weighted by atomic mass is 10.0. The number of carbonyl (C=O) groups excluding carboxylic acids is 1. The number of rotatable bonds is 4. The lowest BCUT2D eigenvalue weighted by Gasteiger charge is -2.35. The number of fused-ring (bicyclic) bond motifs is 3. The van der Waals surface area contributed by atoms with Crippen molar-refractivity contribution in [3.8, 4) is 11.3 Å². The van der Waals surface area contributed by atoms with Gasteiger partial charge in [0.2, 0.25) is 5.91 Å². The van der Waals surface area contributed by atoms with Gasteiger partial charge in [-0.25, -0.2) is 4.98 Å². The molecule has 1 atom stereocenters. The van der Waals surface area contributed by atoms with Gasteiger partial charge in [-0.3, -0.25) is 14.7 Å². The molecule has 4 heterocycles. The fourth-order valence-electron chi connectivity index (χ4n) is 4.32. The average molecular weight is 373 g/mol. The van der Waals surface area contributed by atoms with Gasteiger partial charge >= 0.3 is 0 Å². The molecule has 0 saturated carbocycles. The number of aromatic nitrogens is 3. The van der Waals surface area contributed by atoms with Crippen LogP contribution in [-0.2, 0) is 11.3 Å². The van der Waals surface area contributed by atoms with Gasteiger partial charge in [-0.2, -0.15) is 0 Å². The Balaban J connectivity index is 1.23. The summed E-state index contributed by atoms with van der Waals surface area (Å²) in [5, 5.41) is 0. The Hall–Kier alpha value is -2.99. The minimum atomic E-state index is 0.0188. The van der Waals surface area contributed by atoms with E-state index in [0.29, 0.717) is 6.42 Å². The molecule has 3 aromatic rings. The van der Waals surface area contributed by atoms with Crippen molar-refractivity contribution in [2.75, 3.05) is 26.2 Å². The van der Waals surface area contributed by atoms with Crippen molar-refractivity contribution in [3.63, 3.8) is 0 Å². The van der Waals surface area contributed by atoms with Crippen molar-refractivity contribution in [2.45, 2.75) is 19.0 Å². The van der Waals surface area contributed by atoms with Crippen LogP contribution in [0.2, 0.25) is 0 Å². The van der Waals surface area contributed by atoms with E-state index in [1.54, 1.807) is 6.20 Å². The molecule has 1 saturated heterocycles. The Kier molecular flexibility index (Phi) is 4.41. The third kappa shape index (κ3) is 3.10. The van der Waals surface area contributed by atoms with Crippen molar-refractivity contribution >= 4 is 5.91 Å². The van der Waals surface area contributed by atoms with E-state index >= 15 is 0 Å². The summed E-state index contributed by atoms with van der Waals surface area (Å²) in [5.41, 5.74) is 4.63. The predicted molar refractivity (Wildman–Crippen MR) is 107 cm³/mol. The van der Waals surface area contributed by atoms with Gasteiger partial charge in [0.1, 0.15) is 0 Å². The molecule has 2 aliphatic rings. The van der Waals surface area contributed by atoms with E-state index in [1.807, 2.05) is 35.8 Å². The van der Waals surface area contributed by atoms with E-state index in [4.69, 9.17) is 0 Å². The molecule has 2 aliphatic heterocycles. The number of piperazine rings is 1. The largest absolute Gasteiger partial charge is 0.340 e. The van der Waals surface area contributed by atoms with E-state index in [-0.39, 0.29) is 11.9 Å². The molecule has 1 unspecified atom stereocenters. The fraction of sp³-hybridized carbons (Fsp3) is 0.318. The quantitative estimate of drug-likeness (QED) is 0.705. The Bertz CT molecular complexity index is 975. The van der Waals surface area contributed by atoms with Crippen LogP contribution in [0.5, 0.6) is 0 Å². The Labute approximate surface area is 164 Å². The highest BCUT2D eigenvalue weighted by Crippen LogP contribution is 2.40. The molecule has 28 heavy (non-hydrogen) atoms. The molecule has 1 aromatic carbocycles. The number of nitrogens with zero attached hydrogens (tertiary/aromatic N) is 5. The molecule has 1 amide bonds. The number of hydrogen-bond acceptors (Lipinski definition) is 4. The highest BCUT2D eigenvalue weighted by molar-refractivity contribution is 5.79. The third-order valence-electron chi connectivity index (χ3n) is 5.83. The first-order valence-corrected chi connectivity index (χ1v) is 9.80. The summed E-state index contributed by atoms with van der Waals surface area (Å²) in [6.07, 6.45) is 7.83. The molecule has 2 aromatic heterocycles. The Morgan fingerprint density at radius 1 is 1.00 bits per heavy atom. The van der Waals surface area contributed by atoms with E-state index in [1.165, 1.54) is 11.1 Å². The van der Waals surface area contributed by atoms with Crippen LogP contribution in [-0.4, -0.2) is 56.4 Å². The first-order valence-electron chi connectivity index (χ1n) is 9.80. The van der Waals surface area contributed by atoms with Crippen molar-refractivity contribution < 1.29 is 4.79 Å². The maximum absolute atomic E-state index is 13.0. The molecule has 0 bridgehead atoms. The van der Waals surface area contributed by atoms with Crippen LogP contribution in [0.1, 0.15) is 23.6 Å². The number of carbonyl (C=O) groups is 1. The standard InChI is InChI=1S/C22H23N5O/c28-22(26-10-8-25(9-11-26)15-17-4-2-1-3-5-17)12-20-18-6-7-23-13-19(18)21-14-24-16-27(20)21/h1-7,13-14,16,20H,8-12,15H2. The van der Waals surface area contributed by atoms with Crippen molar-refractivity contribution in [1.82, 2.24) is 24.3 Å². The van der Waals surface area contributed by atoms with Crippen LogP contribution in [0.25, 0.3) is 11.3 Å². The van der Waals surface area contributed by atoms with Gasteiger partial charge in [0.15, 0.2) is 0 Å². The zero-order valence-corrected chi connectivity index (χ0v) is 15.7. The van der Waals surface area contributed by atoms with Crippen LogP contribution < -0.4 is 0 Å². The summed E-state index contributed by atoms with van der Waals surface area (Å²) in [6, 6.07) is 12.6. The first kappa shape index (κ1) is 17.1. The number of benzene rings is 1. The second-order valence-corrected chi connectivity index (χ2v) is 7.51. The zero-order valence-electron chi connectivity index (χ0n) is 15.7. The maximum atomic E-state index is 13.0. The molecule has 0 N–H and O–H groups in total. The molecule has 0 aliphatic carbocycles. The fourth-order valence-corrected chi connectivity index (χ4v) is 4.32. The van der Waals surface area contributed by atoms with Crippen LogP contribution in [0.3, 0.4) is 0 Å². The van der Waals surface area contributed by atoms with Crippen molar-refractivity contribution in [2.24, 2.45) is 0 Å². The molecule has 5 rings (SSSR count). The molecule has 0 spiro atoms. The number of imidazole rings is 1. The van der Waals surface area contributed by atoms with Crippen LogP contribution in [0, 0.1) is 0 Å². The van der Waals surface area contributed by atoms with E-state index in [0.717, 1.165) is 44.0 Å². The van der Waals surface area contributed by atoms with Gasteiger partial charge in [0, 0.05) is 50.7 Å². The monoisotopic (exact) mass is 373 g/mol. The first-order chi connectivity index (χ1) is 13.8. The minimum absolute atomic E-state index is 0.0188. The van der Waals surface area contributed by atoms with Crippen molar-refractivity contribution in [1.29, 1.82) is 0 Å². The van der Waals surface area contributed by atoms with E-state index in [2.05, 4.69) is 43.7 Å². The lowest BCUT2D eigenvalue weighted by Crippen LogP contribution is -2.48. The second kappa shape index (κ2) is 7.20. The van der Waals surface area contributed by atoms with Gasteiger partial charge in [-0.1, -0.05) is 30.3 Å². The number of pyridine rings is 1. The van der Waals surface area contributed by atoms with E-state index in [9.17, 15) is 4.79 Å². The van der Waals surface area contributed by atoms with Crippen LogP contribution in [0.15, 0.2) is 61.3 Å². The SMILES string of the molecule is O=C(CC1c2ccncc2-c2cncn21)N1CCN(Cc2ccccc2)CC1.